The molecule has 7 heteroatoms. The Kier molecular flexibility index (Phi) is 5.35. The maximum atomic E-state index is 11.5. The minimum absolute atomic E-state index is 0.00250. The molecule has 1 aliphatic rings. The number of hydrogen-bond acceptors (Lipinski definition) is 4. The van der Waals surface area contributed by atoms with E-state index in [4.69, 9.17) is 4.74 Å². The second-order valence-electron chi connectivity index (χ2n) is 4.10. The zero-order valence-corrected chi connectivity index (χ0v) is 11.1. The molecule has 6 nitrogen and oxygen atoms in total. The van der Waals surface area contributed by atoms with Crippen molar-refractivity contribution in [1.29, 1.82) is 0 Å². The first kappa shape index (κ1) is 14.4. The van der Waals surface area contributed by atoms with Gasteiger partial charge in [0.2, 0.25) is 15.9 Å². The number of amides is 1. The van der Waals surface area contributed by atoms with Crippen molar-refractivity contribution in [2.45, 2.75) is 25.9 Å². The summed E-state index contributed by atoms with van der Waals surface area (Å²) in [6, 6.07) is 0. The van der Waals surface area contributed by atoms with Gasteiger partial charge in [0.1, 0.15) is 0 Å². The van der Waals surface area contributed by atoms with Gasteiger partial charge in [-0.3, -0.25) is 4.79 Å². The van der Waals surface area contributed by atoms with Gasteiger partial charge >= 0.3 is 0 Å². The normalized spacial score (nSPS) is 20.8. The molecule has 1 rings (SSSR count). The van der Waals surface area contributed by atoms with Gasteiger partial charge in [-0.05, 0) is 19.8 Å². The summed E-state index contributed by atoms with van der Waals surface area (Å²) in [6.45, 7) is 2.61. The fraction of sp³-hybridized carbons (Fsp3) is 0.900. The SMILES string of the molecule is CCS(=O)(=O)N(C)CC(=O)NCC1CCCO1. The Balaban J connectivity index is 2.29. The molecule has 100 valence electrons. The average molecular weight is 264 g/mol. The van der Waals surface area contributed by atoms with Gasteiger partial charge in [-0.15, -0.1) is 0 Å². The number of carbonyl (C=O) groups excluding carboxylic acids is 1. The molecule has 0 saturated carbocycles. The van der Waals surface area contributed by atoms with E-state index in [2.05, 4.69) is 5.32 Å². The van der Waals surface area contributed by atoms with Crippen LogP contribution in [0.1, 0.15) is 19.8 Å². The molecule has 1 heterocycles. The van der Waals surface area contributed by atoms with Crippen molar-refractivity contribution in [3.05, 3.63) is 0 Å². The molecule has 1 amide bonds. The van der Waals surface area contributed by atoms with Crippen molar-refractivity contribution in [1.82, 2.24) is 9.62 Å². The first-order valence-electron chi connectivity index (χ1n) is 5.78. The van der Waals surface area contributed by atoms with Crippen LogP contribution in [0.5, 0.6) is 0 Å². The Bertz CT molecular complexity index is 349. The van der Waals surface area contributed by atoms with E-state index in [0.717, 1.165) is 23.8 Å². The molecular formula is C10H20N2O4S. The minimum Gasteiger partial charge on any atom is -0.376 e. The summed E-state index contributed by atoms with van der Waals surface area (Å²) < 4.78 is 29.3. The molecule has 1 aliphatic heterocycles. The summed E-state index contributed by atoms with van der Waals surface area (Å²) in [4.78, 5) is 11.5. The highest BCUT2D eigenvalue weighted by Crippen LogP contribution is 2.10. The molecule has 0 aliphatic carbocycles. The number of sulfonamides is 1. The van der Waals surface area contributed by atoms with Crippen LogP contribution in [0.4, 0.5) is 0 Å². The maximum Gasteiger partial charge on any atom is 0.235 e. The number of nitrogens with one attached hydrogen (secondary N) is 1. The minimum atomic E-state index is -3.29. The van der Waals surface area contributed by atoms with E-state index in [1.165, 1.54) is 7.05 Å². The zero-order valence-electron chi connectivity index (χ0n) is 10.3. The molecule has 0 spiro atoms. The van der Waals surface area contributed by atoms with Crippen molar-refractivity contribution in [3.63, 3.8) is 0 Å². The molecule has 0 aromatic carbocycles. The highest BCUT2D eigenvalue weighted by Gasteiger charge is 2.20. The predicted molar refractivity (Wildman–Crippen MR) is 64.1 cm³/mol. The highest BCUT2D eigenvalue weighted by atomic mass is 32.2. The van der Waals surface area contributed by atoms with Crippen LogP contribution in [-0.4, -0.2) is 57.2 Å². The topological polar surface area (TPSA) is 75.7 Å². The highest BCUT2D eigenvalue weighted by molar-refractivity contribution is 7.89. The molecule has 17 heavy (non-hydrogen) atoms. The lowest BCUT2D eigenvalue weighted by atomic mass is 10.2. The summed E-state index contributed by atoms with van der Waals surface area (Å²) in [5.74, 6) is -0.289. The zero-order chi connectivity index (χ0) is 12.9. The van der Waals surface area contributed by atoms with Gasteiger partial charge < -0.3 is 10.1 Å². The molecular weight excluding hydrogens is 244 g/mol. The van der Waals surface area contributed by atoms with Gasteiger partial charge in [0, 0.05) is 20.2 Å². The Morgan fingerprint density at radius 3 is 2.76 bits per heavy atom. The smallest absolute Gasteiger partial charge is 0.235 e. The lowest BCUT2D eigenvalue weighted by molar-refractivity contribution is -0.121. The van der Waals surface area contributed by atoms with E-state index in [1.807, 2.05) is 0 Å². The second-order valence-corrected chi connectivity index (χ2v) is 6.46. The van der Waals surface area contributed by atoms with Crippen molar-refractivity contribution >= 4 is 15.9 Å². The number of carbonyl (C=O) groups is 1. The molecule has 0 radical (unpaired) electrons. The van der Waals surface area contributed by atoms with Crippen molar-refractivity contribution < 1.29 is 17.9 Å². The fourth-order valence-corrected chi connectivity index (χ4v) is 2.36. The monoisotopic (exact) mass is 264 g/mol. The molecule has 1 saturated heterocycles. The average Bonchev–Trinajstić information content (AvgIpc) is 2.79. The first-order valence-corrected chi connectivity index (χ1v) is 7.39. The third-order valence-electron chi connectivity index (χ3n) is 2.76. The molecule has 0 aromatic rings. The lowest BCUT2D eigenvalue weighted by Crippen LogP contribution is -2.41. The third-order valence-corrected chi connectivity index (χ3v) is 4.57. The Hall–Kier alpha value is -0.660. The summed E-state index contributed by atoms with van der Waals surface area (Å²) in [5.41, 5.74) is 0. The molecule has 1 atom stereocenters. The van der Waals surface area contributed by atoms with E-state index in [9.17, 15) is 13.2 Å². The van der Waals surface area contributed by atoms with E-state index >= 15 is 0 Å². The van der Waals surface area contributed by atoms with Gasteiger partial charge in [-0.2, -0.15) is 4.31 Å². The Morgan fingerprint density at radius 2 is 2.24 bits per heavy atom. The maximum absolute atomic E-state index is 11.5. The summed E-state index contributed by atoms with van der Waals surface area (Å²) in [5, 5.41) is 2.68. The van der Waals surface area contributed by atoms with Crippen LogP contribution >= 0.6 is 0 Å². The molecule has 0 aromatic heterocycles. The molecule has 0 bridgehead atoms. The summed E-state index contributed by atoms with van der Waals surface area (Å²) in [7, 11) is -1.88. The summed E-state index contributed by atoms with van der Waals surface area (Å²) >= 11 is 0. The number of hydrogen-bond donors (Lipinski definition) is 1. The Morgan fingerprint density at radius 1 is 1.53 bits per heavy atom. The van der Waals surface area contributed by atoms with E-state index < -0.39 is 10.0 Å². The van der Waals surface area contributed by atoms with Crippen molar-refractivity contribution in [3.8, 4) is 0 Å². The largest absolute Gasteiger partial charge is 0.376 e. The number of rotatable bonds is 6. The Labute approximate surface area is 102 Å². The fourth-order valence-electron chi connectivity index (χ4n) is 1.61. The van der Waals surface area contributed by atoms with Crippen LogP contribution in [0.25, 0.3) is 0 Å². The van der Waals surface area contributed by atoms with Crippen LogP contribution in [0.2, 0.25) is 0 Å². The van der Waals surface area contributed by atoms with E-state index in [0.29, 0.717) is 6.54 Å². The molecule has 1 unspecified atom stereocenters. The quantitative estimate of drug-likeness (QED) is 0.706. The van der Waals surface area contributed by atoms with Crippen LogP contribution in [-0.2, 0) is 19.6 Å². The van der Waals surface area contributed by atoms with E-state index in [-0.39, 0.29) is 24.3 Å². The van der Waals surface area contributed by atoms with Crippen LogP contribution in [0.3, 0.4) is 0 Å². The third kappa shape index (κ3) is 4.61. The number of nitrogens with zero attached hydrogens (tertiary/aromatic N) is 1. The van der Waals surface area contributed by atoms with Crippen LogP contribution < -0.4 is 5.32 Å². The van der Waals surface area contributed by atoms with Crippen LogP contribution in [0.15, 0.2) is 0 Å². The van der Waals surface area contributed by atoms with Crippen molar-refractivity contribution in [2.24, 2.45) is 0 Å². The van der Waals surface area contributed by atoms with Gasteiger partial charge in [0.15, 0.2) is 0 Å². The van der Waals surface area contributed by atoms with Gasteiger partial charge in [0.25, 0.3) is 0 Å². The van der Waals surface area contributed by atoms with Gasteiger partial charge in [0.05, 0.1) is 18.4 Å². The molecule has 1 fully saturated rings. The summed E-state index contributed by atoms with van der Waals surface area (Å²) in [6.07, 6.45) is 2.04. The number of likely N-dealkylation sites (N-methyl/N-ethyl adjacent to an activating group) is 1. The standard InChI is InChI=1S/C10H20N2O4S/c1-3-17(14,15)12(2)8-10(13)11-7-9-5-4-6-16-9/h9H,3-8H2,1-2H3,(H,11,13). The molecule has 1 N–H and O–H groups in total. The first-order chi connectivity index (χ1) is 7.95. The number of ether oxygens (including phenoxy) is 1. The van der Waals surface area contributed by atoms with Gasteiger partial charge in [-0.25, -0.2) is 8.42 Å². The van der Waals surface area contributed by atoms with Gasteiger partial charge in [-0.1, -0.05) is 0 Å². The lowest BCUT2D eigenvalue weighted by Gasteiger charge is -2.16. The van der Waals surface area contributed by atoms with E-state index in [1.54, 1.807) is 6.92 Å². The second kappa shape index (κ2) is 6.32. The predicted octanol–water partition coefficient (Wildman–Crippen LogP) is -0.437. The van der Waals surface area contributed by atoms with Crippen molar-refractivity contribution in [2.75, 3.05) is 32.5 Å². The van der Waals surface area contributed by atoms with Crippen LogP contribution in [0, 0.1) is 0 Å².